The number of aryl methyl sites for hydroxylation is 2. The number of carboxylic acid groups (broad SMARTS) is 1. The average Bonchev–Trinajstić information content (AvgIpc) is 2.28. The number of carboxylic acids is 1. The van der Waals surface area contributed by atoms with Crippen molar-refractivity contribution < 1.29 is 9.90 Å². The van der Waals surface area contributed by atoms with Gasteiger partial charge >= 0.3 is 5.97 Å². The summed E-state index contributed by atoms with van der Waals surface area (Å²) in [7, 11) is 0. The third-order valence-electron chi connectivity index (χ3n) is 3.64. The van der Waals surface area contributed by atoms with E-state index in [1.807, 2.05) is 0 Å². The fourth-order valence-electron chi connectivity index (χ4n) is 2.48. The smallest absolute Gasteiger partial charge is 0.309 e. The van der Waals surface area contributed by atoms with E-state index in [4.69, 9.17) is 5.11 Å². The first-order valence-corrected chi connectivity index (χ1v) is 6.33. The van der Waals surface area contributed by atoms with Crippen LogP contribution >= 0.6 is 0 Å². The molecular weight excluding hydrogens is 212 g/mol. The second-order valence-electron chi connectivity index (χ2n) is 5.68. The first kappa shape index (κ1) is 12.2. The molecule has 2 nitrogen and oxygen atoms in total. The van der Waals surface area contributed by atoms with Crippen LogP contribution in [0.2, 0.25) is 0 Å². The normalized spacial score (nSPS) is 15.4. The van der Waals surface area contributed by atoms with Gasteiger partial charge in [-0.2, -0.15) is 0 Å². The summed E-state index contributed by atoms with van der Waals surface area (Å²) < 4.78 is 0. The lowest BCUT2D eigenvalue weighted by atomic mass is 9.83. The second kappa shape index (κ2) is 4.52. The molecule has 0 aliphatic heterocycles. The summed E-state index contributed by atoms with van der Waals surface area (Å²) in [5.74, 6) is -0.727. The van der Waals surface area contributed by atoms with Gasteiger partial charge in [0, 0.05) is 0 Å². The van der Waals surface area contributed by atoms with Gasteiger partial charge in [0.05, 0.1) is 5.41 Å². The summed E-state index contributed by atoms with van der Waals surface area (Å²) in [6, 6.07) is 6.48. The van der Waals surface area contributed by atoms with Crippen LogP contribution < -0.4 is 0 Å². The molecule has 0 saturated carbocycles. The van der Waals surface area contributed by atoms with Gasteiger partial charge in [0.2, 0.25) is 0 Å². The van der Waals surface area contributed by atoms with E-state index in [0.717, 1.165) is 12.0 Å². The molecule has 92 valence electrons. The Morgan fingerprint density at radius 3 is 2.53 bits per heavy atom. The van der Waals surface area contributed by atoms with Crippen LogP contribution in [0.5, 0.6) is 0 Å². The van der Waals surface area contributed by atoms with Gasteiger partial charge in [-0.1, -0.05) is 18.2 Å². The van der Waals surface area contributed by atoms with Gasteiger partial charge in [0.15, 0.2) is 0 Å². The van der Waals surface area contributed by atoms with Crippen molar-refractivity contribution in [1.82, 2.24) is 0 Å². The lowest BCUT2D eigenvalue weighted by Gasteiger charge is -2.21. The van der Waals surface area contributed by atoms with Crippen LogP contribution in [0, 0.1) is 5.41 Å². The Morgan fingerprint density at radius 1 is 1.24 bits per heavy atom. The third-order valence-corrected chi connectivity index (χ3v) is 3.64. The van der Waals surface area contributed by atoms with E-state index in [0.29, 0.717) is 6.42 Å². The van der Waals surface area contributed by atoms with Crippen molar-refractivity contribution in [2.24, 2.45) is 5.41 Å². The molecule has 2 heteroatoms. The minimum absolute atomic E-state index is 0.607. The molecule has 0 saturated heterocycles. The third kappa shape index (κ3) is 2.68. The molecule has 1 aliphatic rings. The monoisotopic (exact) mass is 232 g/mol. The highest BCUT2D eigenvalue weighted by Gasteiger charge is 2.27. The quantitative estimate of drug-likeness (QED) is 0.868. The van der Waals surface area contributed by atoms with Crippen molar-refractivity contribution in [2.75, 3.05) is 0 Å². The minimum Gasteiger partial charge on any atom is -0.481 e. The highest BCUT2D eigenvalue weighted by Crippen LogP contribution is 2.26. The lowest BCUT2D eigenvalue weighted by molar-refractivity contribution is -0.146. The fourth-order valence-corrected chi connectivity index (χ4v) is 2.48. The Hall–Kier alpha value is -1.31. The number of hydrogen-bond acceptors (Lipinski definition) is 1. The van der Waals surface area contributed by atoms with Crippen LogP contribution in [-0.2, 0) is 24.1 Å². The van der Waals surface area contributed by atoms with Gasteiger partial charge in [-0.25, -0.2) is 0 Å². The number of carbonyl (C=O) groups is 1. The van der Waals surface area contributed by atoms with E-state index in [1.54, 1.807) is 13.8 Å². The average molecular weight is 232 g/mol. The van der Waals surface area contributed by atoms with Crippen molar-refractivity contribution in [3.05, 3.63) is 34.9 Å². The van der Waals surface area contributed by atoms with Crippen LogP contribution in [0.4, 0.5) is 0 Å². The fraction of sp³-hybridized carbons (Fsp3) is 0.533. The van der Waals surface area contributed by atoms with Crippen molar-refractivity contribution >= 4 is 5.97 Å². The lowest BCUT2D eigenvalue weighted by Crippen LogP contribution is -2.26. The minimum atomic E-state index is -0.727. The van der Waals surface area contributed by atoms with E-state index < -0.39 is 11.4 Å². The van der Waals surface area contributed by atoms with Crippen LogP contribution in [0.25, 0.3) is 0 Å². The van der Waals surface area contributed by atoms with Crippen LogP contribution in [-0.4, -0.2) is 11.1 Å². The summed E-state index contributed by atoms with van der Waals surface area (Å²) in [5.41, 5.74) is 3.35. The highest BCUT2D eigenvalue weighted by molar-refractivity contribution is 5.74. The molecule has 2 rings (SSSR count). The van der Waals surface area contributed by atoms with E-state index in [2.05, 4.69) is 18.2 Å². The molecule has 0 bridgehead atoms. The maximum atomic E-state index is 11.1. The van der Waals surface area contributed by atoms with Crippen LogP contribution in [0.1, 0.15) is 43.4 Å². The second-order valence-corrected chi connectivity index (χ2v) is 5.68. The molecule has 1 N–H and O–H groups in total. The highest BCUT2D eigenvalue weighted by atomic mass is 16.4. The molecule has 0 atom stereocenters. The van der Waals surface area contributed by atoms with Gasteiger partial charge in [0.1, 0.15) is 0 Å². The summed E-state index contributed by atoms with van der Waals surface area (Å²) in [5, 5.41) is 9.14. The molecule has 0 heterocycles. The Bertz CT molecular complexity index is 433. The maximum Gasteiger partial charge on any atom is 0.309 e. The van der Waals surface area contributed by atoms with E-state index in [1.165, 1.54) is 30.4 Å². The molecule has 1 aromatic rings. The van der Waals surface area contributed by atoms with Gasteiger partial charge < -0.3 is 5.11 Å². The van der Waals surface area contributed by atoms with Gasteiger partial charge in [-0.15, -0.1) is 0 Å². The number of rotatable bonds is 3. The molecule has 0 amide bonds. The molecule has 1 aromatic carbocycles. The summed E-state index contributed by atoms with van der Waals surface area (Å²) in [6.07, 6.45) is 5.48. The zero-order valence-corrected chi connectivity index (χ0v) is 10.6. The van der Waals surface area contributed by atoms with E-state index in [-0.39, 0.29) is 0 Å². The first-order valence-electron chi connectivity index (χ1n) is 6.33. The SMILES string of the molecule is CC(C)(Cc1ccc2c(c1)CCCC2)C(=O)O. The number of fused-ring (bicyclic) bond motifs is 1. The molecule has 0 fully saturated rings. The topological polar surface area (TPSA) is 37.3 Å². The Morgan fingerprint density at radius 2 is 1.88 bits per heavy atom. The predicted octanol–water partition coefficient (Wildman–Crippen LogP) is 3.22. The first-order chi connectivity index (χ1) is 7.99. The Labute approximate surface area is 103 Å². The number of hydrogen-bond donors (Lipinski definition) is 1. The molecule has 0 unspecified atom stereocenters. The zero-order valence-electron chi connectivity index (χ0n) is 10.6. The number of aliphatic carboxylic acids is 1. The predicted molar refractivity (Wildman–Crippen MR) is 68.2 cm³/mol. The van der Waals surface area contributed by atoms with Gasteiger partial charge in [-0.3, -0.25) is 4.79 Å². The Kier molecular flexibility index (Phi) is 3.23. The van der Waals surface area contributed by atoms with Crippen LogP contribution in [0.3, 0.4) is 0 Å². The molecule has 0 radical (unpaired) electrons. The largest absolute Gasteiger partial charge is 0.481 e. The summed E-state index contributed by atoms with van der Waals surface area (Å²) >= 11 is 0. The number of benzene rings is 1. The summed E-state index contributed by atoms with van der Waals surface area (Å²) in [6.45, 7) is 3.57. The molecule has 0 spiro atoms. The van der Waals surface area contributed by atoms with E-state index >= 15 is 0 Å². The molecule has 17 heavy (non-hydrogen) atoms. The van der Waals surface area contributed by atoms with Crippen molar-refractivity contribution in [2.45, 2.75) is 46.0 Å². The molecule has 0 aromatic heterocycles. The Balaban J connectivity index is 2.20. The maximum absolute atomic E-state index is 11.1. The molecule has 1 aliphatic carbocycles. The standard InChI is InChI=1S/C15H20O2/c1-15(2,14(16)17)10-11-7-8-12-5-3-4-6-13(12)9-11/h7-9H,3-6,10H2,1-2H3,(H,16,17). The van der Waals surface area contributed by atoms with Crippen LogP contribution in [0.15, 0.2) is 18.2 Å². The van der Waals surface area contributed by atoms with Crippen molar-refractivity contribution in [3.63, 3.8) is 0 Å². The zero-order chi connectivity index (χ0) is 12.5. The van der Waals surface area contributed by atoms with Crippen molar-refractivity contribution in [1.29, 1.82) is 0 Å². The van der Waals surface area contributed by atoms with Crippen molar-refractivity contribution in [3.8, 4) is 0 Å². The van der Waals surface area contributed by atoms with E-state index in [9.17, 15) is 4.79 Å². The summed E-state index contributed by atoms with van der Waals surface area (Å²) in [4.78, 5) is 11.1. The molecular formula is C15H20O2. The van der Waals surface area contributed by atoms with Gasteiger partial charge in [-0.05, 0) is 62.6 Å². The van der Waals surface area contributed by atoms with Gasteiger partial charge in [0.25, 0.3) is 0 Å².